The van der Waals surface area contributed by atoms with E-state index in [9.17, 15) is 9.59 Å². The molecule has 0 aliphatic heterocycles. The van der Waals surface area contributed by atoms with Gasteiger partial charge in [-0.3, -0.25) is 9.59 Å². The highest BCUT2D eigenvalue weighted by Crippen LogP contribution is 2.18. The molecule has 156 valence electrons. The van der Waals surface area contributed by atoms with Gasteiger partial charge < -0.3 is 20.1 Å². The second-order valence-electron chi connectivity index (χ2n) is 6.50. The van der Waals surface area contributed by atoms with Gasteiger partial charge in [-0.2, -0.15) is 0 Å². The van der Waals surface area contributed by atoms with E-state index in [4.69, 9.17) is 9.47 Å². The molecule has 6 nitrogen and oxygen atoms in total. The van der Waals surface area contributed by atoms with Crippen molar-refractivity contribution in [2.75, 3.05) is 19.0 Å². The molecule has 3 rings (SSSR count). The summed E-state index contributed by atoms with van der Waals surface area (Å²) in [4.78, 5) is 26.8. The summed E-state index contributed by atoms with van der Waals surface area (Å²) in [5, 5.41) is 5.66. The Hall–Kier alpha value is -3.32. The van der Waals surface area contributed by atoms with Crippen LogP contribution in [0.4, 0.5) is 5.69 Å². The lowest BCUT2D eigenvalue weighted by Crippen LogP contribution is -2.22. The Kier molecular flexibility index (Phi) is 7.45. The predicted molar refractivity (Wildman–Crippen MR) is 118 cm³/mol. The molecule has 1 heterocycles. The lowest BCUT2D eigenvalue weighted by atomic mass is 10.2. The van der Waals surface area contributed by atoms with Crippen LogP contribution in [-0.4, -0.2) is 25.5 Å². The summed E-state index contributed by atoms with van der Waals surface area (Å²) in [5.41, 5.74) is 1.17. The third-order valence-electron chi connectivity index (χ3n) is 4.33. The van der Waals surface area contributed by atoms with E-state index in [1.165, 1.54) is 4.88 Å². The van der Waals surface area contributed by atoms with Crippen molar-refractivity contribution in [2.45, 2.75) is 19.9 Å². The molecule has 2 aromatic carbocycles. The molecule has 7 heteroatoms. The zero-order valence-corrected chi connectivity index (χ0v) is 17.8. The monoisotopic (exact) mass is 424 g/mol. The fourth-order valence-corrected chi connectivity index (χ4v) is 3.62. The maximum atomic E-state index is 12.3. The van der Waals surface area contributed by atoms with Gasteiger partial charge >= 0.3 is 0 Å². The number of carbonyl (C=O) groups is 2. The molecule has 0 bridgehead atoms. The van der Waals surface area contributed by atoms with Gasteiger partial charge in [0.05, 0.1) is 13.7 Å². The topological polar surface area (TPSA) is 76.7 Å². The van der Waals surface area contributed by atoms with Crippen LogP contribution in [0, 0.1) is 0 Å². The van der Waals surface area contributed by atoms with Crippen LogP contribution in [0.3, 0.4) is 0 Å². The van der Waals surface area contributed by atoms with Crippen LogP contribution >= 0.6 is 11.3 Å². The van der Waals surface area contributed by atoms with Gasteiger partial charge in [-0.25, -0.2) is 0 Å². The summed E-state index contributed by atoms with van der Waals surface area (Å²) in [7, 11) is 1.57. The molecule has 0 atom stereocenters. The highest BCUT2D eigenvalue weighted by atomic mass is 32.1. The van der Waals surface area contributed by atoms with Crippen molar-refractivity contribution in [1.82, 2.24) is 5.32 Å². The Labute approximate surface area is 179 Å². The Morgan fingerprint density at radius 1 is 0.967 bits per heavy atom. The molecular formula is C23H24N2O4S. The maximum Gasteiger partial charge on any atom is 0.262 e. The summed E-state index contributed by atoms with van der Waals surface area (Å²) in [5.74, 6) is 0.738. The molecule has 0 aliphatic carbocycles. The number of thiophene rings is 1. The van der Waals surface area contributed by atoms with Crippen molar-refractivity contribution in [1.29, 1.82) is 0 Å². The molecule has 30 heavy (non-hydrogen) atoms. The highest BCUT2D eigenvalue weighted by Gasteiger charge is 2.08. The van der Waals surface area contributed by atoms with Gasteiger partial charge in [0, 0.05) is 27.1 Å². The van der Waals surface area contributed by atoms with Crippen molar-refractivity contribution in [3.63, 3.8) is 0 Å². The van der Waals surface area contributed by atoms with E-state index in [0.29, 0.717) is 29.3 Å². The Morgan fingerprint density at radius 3 is 2.43 bits per heavy atom. The van der Waals surface area contributed by atoms with Crippen LogP contribution in [-0.2, 0) is 17.8 Å². The first-order valence-corrected chi connectivity index (χ1v) is 10.4. The summed E-state index contributed by atoms with van der Waals surface area (Å²) in [6, 6.07) is 17.9. The van der Waals surface area contributed by atoms with Crippen LogP contribution in [0.2, 0.25) is 0 Å². The molecule has 1 aromatic heterocycles. The number of methoxy groups -OCH3 is 1. The molecular weight excluding hydrogens is 400 g/mol. The van der Waals surface area contributed by atoms with E-state index in [2.05, 4.69) is 23.6 Å². The minimum Gasteiger partial charge on any atom is -0.497 e. The summed E-state index contributed by atoms with van der Waals surface area (Å²) in [6.07, 6.45) is 0.998. The molecule has 0 saturated carbocycles. The van der Waals surface area contributed by atoms with Crippen LogP contribution in [0.1, 0.15) is 27.0 Å². The molecule has 0 saturated heterocycles. The van der Waals surface area contributed by atoms with E-state index in [1.54, 1.807) is 67.0 Å². The number of amides is 2. The van der Waals surface area contributed by atoms with E-state index < -0.39 is 0 Å². The standard InChI is InChI=1S/C23H24N2O4S/c1-3-20-11-12-21(30-20)14-24-23(27)16-7-9-18(10-8-16)29-15-22(26)25-17-5-4-6-19(13-17)28-2/h4-13H,3,14-15H2,1-2H3,(H,24,27)(H,25,26). The van der Waals surface area contributed by atoms with Gasteiger partial charge in [0.2, 0.25) is 0 Å². The van der Waals surface area contributed by atoms with Crippen molar-refractivity contribution in [3.8, 4) is 11.5 Å². The second kappa shape index (κ2) is 10.5. The first-order valence-electron chi connectivity index (χ1n) is 9.60. The highest BCUT2D eigenvalue weighted by molar-refractivity contribution is 7.11. The van der Waals surface area contributed by atoms with Gasteiger partial charge in [-0.15, -0.1) is 11.3 Å². The average molecular weight is 425 g/mol. The minimum absolute atomic E-state index is 0.138. The smallest absolute Gasteiger partial charge is 0.262 e. The summed E-state index contributed by atoms with van der Waals surface area (Å²) >= 11 is 1.70. The fraction of sp³-hybridized carbons (Fsp3) is 0.217. The van der Waals surface area contributed by atoms with Gasteiger partial charge in [-0.05, 0) is 55.0 Å². The quantitative estimate of drug-likeness (QED) is 0.538. The maximum absolute atomic E-state index is 12.3. The fourth-order valence-electron chi connectivity index (χ4n) is 2.73. The van der Waals surface area contributed by atoms with Crippen molar-refractivity contribution >= 4 is 28.8 Å². The first kappa shape index (κ1) is 21.4. The van der Waals surface area contributed by atoms with Gasteiger partial charge in [0.15, 0.2) is 6.61 Å². The van der Waals surface area contributed by atoms with Crippen molar-refractivity contribution < 1.29 is 19.1 Å². The lowest BCUT2D eigenvalue weighted by molar-refractivity contribution is -0.118. The predicted octanol–water partition coefficient (Wildman–Crippen LogP) is 4.27. The first-order chi connectivity index (χ1) is 14.6. The number of hydrogen-bond donors (Lipinski definition) is 2. The van der Waals surface area contributed by atoms with Crippen molar-refractivity contribution in [3.05, 3.63) is 76.0 Å². The number of aryl methyl sites for hydroxylation is 1. The summed E-state index contributed by atoms with van der Waals surface area (Å²) < 4.78 is 10.6. The molecule has 0 spiro atoms. The number of ether oxygens (including phenoxy) is 2. The van der Waals surface area contributed by atoms with Gasteiger partial charge in [-0.1, -0.05) is 13.0 Å². The van der Waals surface area contributed by atoms with Crippen molar-refractivity contribution in [2.24, 2.45) is 0 Å². The van der Waals surface area contributed by atoms with Crippen LogP contribution in [0.25, 0.3) is 0 Å². The molecule has 0 radical (unpaired) electrons. The average Bonchev–Trinajstić information content (AvgIpc) is 3.24. The van der Waals surface area contributed by atoms with Crippen LogP contribution in [0.5, 0.6) is 11.5 Å². The SMILES string of the molecule is CCc1ccc(CNC(=O)c2ccc(OCC(=O)Nc3cccc(OC)c3)cc2)s1. The van der Waals surface area contributed by atoms with E-state index in [1.807, 2.05) is 6.07 Å². The number of carbonyl (C=O) groups excluding carboxylic acids is 2. The number of hydrogen-bond acceptors (Lipinski definition) is 5. The van der Waals surface area contributed by atoms with Crippen LogP contribution < -0.4 is 20.1 Å². The Morgan fingerprint density at radius 2 is 1.73 bits per heavy atom. The second-order valence-corrected chi connectivity index (χ2v) is 7.75. The summed E-state index contributed by atoms with van der Waals surface area (Å²) in [6.45, 7) is 2.48. The van der Waals surface area contributed by atoms with Gasteiger partial charge in [0.1, 0.15) is 11.5 Å². The normalized spacial score (nSPS) is 10.3. The molecule has 2 N–H and O–H groups in total. The van der Waals surface area contributed by atoms with E-state index >= 15 is 0 Å². The minimum atomic E-state index is -0.285. The third kappa shape index (κ3) is 6.09. The van der Waals surface area contributed by atoms with Gasteiger partial charge in [0.25, 0.3) is 11.8 Å². The Balaban J connectivity index is 1.46. The zero-order valence-electron chi connectivity index (χ0n) is 16.9. The molecule has 0 aliphatic rings. The number of rotatable bonds is 9. The number of anilines is 1. The largest absolute Gasteiger partial charge is 0.497 e. The molecule has 0 fully saturated rings. The van der Waals surface area contributed by atoms with E-state index in [0.717, 1.165) is 11.3 Å². The molecule has 2 amide bonds. The molecule has 3 aromatic rings. The third-order valence-corrected chi connectivity index (χ3v) is 5.56. The van der Waals surface area contributed by atoms with Crippen LogP contribution in [0.15, 0.2) is 60.7 Å². The number of nitrogens with one attached hydrogen (secondary N) is 2. The lowest BCUT2D eigenvalue weighted by Gasteiger charge is -2.09. The zero-order chi connectivity index (χ0) is 21.3. The Bertz CT molecular complexity index is 998. The van der Waals surface area contributed by atoms with E-state index in [-0.39, 0.29) is 18.4 Å². The number of benzene rings is 2. The molecule has 0 unspecified atom stereocenters.